The number of rotatable bonds is 14. The van der Waals surface area contributed by atoms with Crippen molar-refractivity contribution in [3.8, 4) is 67.0 Å². The summed E-state index contributed by atoms with van der Waals surface area (Å²) in [5.41, 5.74) is 25.3. The van der Waals surface area contributed by atoms with Crippen molar-refractivity contribution >= 4 is 72.7 Å². The van der Waals surface area contributed by atoms with E-state index in [1.807, 2.05) is 152 Å². The van der Waals surface area contributed by atoms with E-state index in [0.29, 0.717) is 11.9 Å². The van der Waals surface area contributed by atoms with Crippen LogP contribution < -0.4 is 9.47 Å². The number of hydrogen-bond acceptors (Lipinski definition) is 4. The van der Waals surface area contributed by atoms with E-state index in [4.69, 9.17) is 11.6 Å². The van der Waals surface area contributed by atoms with Crippen molar-refractivity contribution in [2.45, 2.75) is 20.4 Å². The smallest absolute Gasteiger partial charge is 0.227 e. The lowest BCUT2D eigenvalue weighted by molar-refractivity contribution is -0.689. The van der Waals surface area contributed by atoms with E-state index in [-0.39, 0.29) is 11.6 Å². The molecule has 0 aliphatic rings. The average Bonchev–Trinajstić information content (AvgIpc) is 1.63. The van der Waals surface area contributed by atoms with Gasteiger partial charge in [0.1, 0.15) is 0 Å². The number of pyridine rings is 5. The molecule has 0 radical (unpaired) electrons. The van der Waals surface area contributed by atoms with Gasteiger partial charge in [0.05, 0.1) is 16.7 Å². The van der Waals surface area contributed by atoms with E-state index >= 15 is 0 Å². The minimum absolute atomic E-state index is 0.126. The lowest BCUT2D eigenvalue weighted by atomic mass is 10.0. The van der Waals surface area contributed by atoms with Crippen molar-refractivity contribution in [2.75, 3.05) is 10.2 Å². The normalized spacial score (nSPS) is 10.5. The van der Waals surface area contributed by atoms with E-state index in [1.54, 1.807) is 6.20 Å². The van der Waals surface area contributed by atoms with Gasteiger partial charge in [-0.05, 0) is 161 Å². The second-order valence-electron chi connectivity index (χ2n) is 26.0. The largest absolute Gasteiger partial charge is 0.323 e. The fourth-order valence-corrected chi connectivity index (χ4v) is 13.4. The van der Waals surface area contributed by atoms with Gasteiger partial charge >= 0.3 is 0 Å². The molecule has 8 heterocycles. The molecule has 0 aliphatic carbocycles. The average molecular weight is 1510 g/mol. The zero-order chi connectivity index (χ0) is 75.6. The number of ketones is 2. The van der Waals surface area contributed by atoms with Gasteiger partial charge in [0.2, 0.25) is 12.3 Å². The molecule has 0 saturated carbocycles. The van der Waals surface area contributed by atoms with Crippen molar-refractivity contribution in [3.63, 3.8) is 0 Å². The molecule has 18 rings (SSSR count). The Labute approximate surface area is 657 Å². The van der Waals surface area contributed by atoms with Crippen molar-refractivity contribution in [1.82, 2.24) is 18.2 Å². The SMILES string of the molecule is Cc1cccc[n+]1CC(=O)c1ccccc1.Cc1ccccn1.Clc1ccc(-c2c(-c3ccccc3)cc3ccccn23)cc1.O=C(CBr)c1ccccc1.c1ccc(-c2cc3ccccn3c2)cc1.c1ccc(-c2ccc(N(c3ccccc3)c3ccc(-c4c(-c5ccccc5)cc5ccccn45)cc3)cc2)cc1. The highest BCUT2D eigenvalue weighted by atomic mass is 79.9. The Balaban J connectivity index is 0.000000128. The first-order valence-electron chi connectivity index (χ1n) is 36.5. The molecule has 536 valence electrons. The fraction of sp³-hybridized carbons (Fsp3) is 0.0400. The highest BCUT2D eigenvalue weighted by Gasteiger charge is 2.19. The molecule has 0 fully saturated rings. The van der Waals surface area contributed by atoms with Crippen LogP contribution in [-0.4, -0.2) is 35.1 Å². The monoisotopic (exact) mass is 1510 g/mol. The van der Waals surface area contributed by atoms with Crippen LogP contribution in [0, 0.1) is 13.8 Å². The summed E-state index contributed by atoms with van der Waals surface area (Å²) in [4.78, 5) is 29.2. The van der Waals surface area contributed by atoms with Crippen LogP contribution in [0.1, 0.15) is 32.1 Å². The molecule has 0 unspecified atom stereocenters. The van der Waals surface area contributed by atoms with Crippen molar-refractivity contribution in [1.29, 1.82) is 0 Å². The van der Waals surface area contributed by atoms with Crippen LogP contribution in [0.15, 0.2) is 431 Å². The standard InChI is InChI=1S/C38H28N2.C20H14ClN.C14H14NO.C14H11N.C8H7BrO.C6H7N/c1-4-12-29(13-5-1)30-19-23-34(24-20-30)40(33-16-8-3-9-17-33)35-25-21-32(22-26-35)38-37(31-14-6-2-7-15-31)28-36-18-10-11-27-39(36)38;21-17-11-9-16(10-12-17)20-19(15-6-2-1-3-7-15)14-18-8-4-5-13-22(18)20;1-12-7-5-6-10-15(12)11-14(16)13-8-3-2-4-9-13;1-2-6-12(7-3-1)13-10-14-8-4-5-9-15(14)11-13;9-6-8(10)7-4-2-1-3-5-7;1-6-4-2-3-5-7-6/h1-28H;1-14H;2-10H,11H2,1H3;1-11H;1-5H,6H2;2-5H,1H3/q;;+1;;;. The van der Waals surface area contributed by atoms with Crippen LogP contribution in [-0.2, 0) is 6.54 Å². The van der Waals surface area contributed by atoms with Crippen LogP contribution in [0.5, 0.6) is 0 Å². The summed E-state index contributed by atoms with van der Waals surface area (Å²) in [6.07, 6.45) is 12.2. The summed E-state index contributed by atoms with van der Waals surface area (Å²) < 4.78 is 8.61. The Morgan fingerprint density at radius 2 is 0.755 bits per heavy atom. The van der Waals surface area contributed by atoms with Gasteiger partial charge in [-0.15, -0.1) is 0 Å². The number of halogens is 2. The second kappa shape index (κ2) is 37.8. The molecule has 0 N–H and O–H groups in total. The number of aryl methyl sites for hydroxylation is 2. The van der Waals surface area contributed by atoms with Crippen LogP contribution in [0.4, 0.5) is 17.1 Å². The Morgan fingerprint density at radius 3 is 1.21 bits per heavy atom. The van der Waals surface area contributed by atoms with Crippen LogP contribution in [0.2, 0.25) is 5.02 Å². The number of anilines is 3. The van der Waals surface area contributed by atoms with Crippen LogP contribution in [0.25, 0.3) is 83.6 Å². The van der Waals surface area contributed by atoms with Gasteiger partial charge in [0.15, 0.2) is 17.7 Å². The Hall–Kier alpha value is -13.3. The molecule has 8 nitrogen and oxygen atoms in total. The molecule has 10 aromatic carbocycles. The second-order valence-corrected chi connectivity index (χ2v) is 27.0. The lowest BCUT2D eigenvalue weighted by Gasteiger charge is -2.26. The molecule has 110 heavy (non-hydrogen) atoms. The molecular weight excluding hydrogens is 1430 g/mol. The van der Waals surface area contributed by atoms with E-state index in [0.717, 1.165) is 50.2 Å². The first kappa shape index (κ1) is 74.9. The van der Waals surface area contributed by atoms with Crippen LogP contribution >= 0.6 is 27.5 Å². The van der Waals surface area contributed by atoms with Crippen LogP contribution in [0.3, 0.4) is 0 Å². The van der Waals surface area contributed by atoms with Crippen molar-refractivity contribution in [2.24, 2.45) is 0 Å². The van der Waals surface area contributed by atoms with Gasteiger partial charge < -0.3 is 18.1 Å². The quantitative estimate of drug-likeness (QED) is 0.0618. The summed E-state index contributed by atoms with van der Waals surface area (Å²) in [5.74, 6) is 0.264. The Bertz CT molecular complexity index is 5860. The predicted molar refractivity (Wildman–Crippen MR) is 460 cm³/mol. The minimum Gasteiger partial charge on any atom is -0.323 e. The number of carbonyl (C=O) groups excluding carboxylic acids is 2. The number of nitrogens with zero attached hydrogens (tertiary/aromatic N) is 6. The fourth-order valence-electron chi connectivity index (χ4n) is 12.9. The summed E-state index contributed by atoms with van der Waals surface area (Å²) in [5, 5.41) is 1.16. The molecule has 18 aromatic rings. The number of benzene rings is 10. The Kier molecular flexibility index (Phi) is 25.7. The van der Waals surface area contributed by atoms with Crippen molar-refractivity contribution < 1.29 is 14.2 Å². The molecule has 0 saturated heterocycles. The first-order valence-corrected chi connectivity index (χ1v) is 38.0. The zero-order valence-corrected chi connectivity index (χ0v) is 63.5. The number of aromatic nitrogens is 5. The van der Waals surface area contributed by atoms with Gasteiger partial charge in [-0.25, -0.2) is 0 Å². The third kappa shape index (κ3) is 19.5. The lowest BCUT2D eigenvalue weighted by Crippen LogP contribution is -2.40. The number of Topliss-reactive ketones (excluding diaryl/α,β-unsaturated/α-hetero) is 2. The van der Waals surface area contributed by atoms with Gasteiger partial charge in [0.25, 0.3) is 0 Å². The number of carbonyl (C=O) groups is 2. The zero-order valence-electron chi connectivity index (χ0n) is 61.2. The topological polar surface area (TPSA) is 67.4 Å². The molecule has 8 aromatic heterocycles. The summed E-state index contributed by atoms with van der Waals surface area (Å²) >= 11 is 9.14. The summed E-state index contributed by atoms with van der Waals surface area (Å²) in [6.45, 7) is 4.37. The molecule has 0 atom stereocenters. The number of alkyl halides is 1. The first-order chi connectivity index (χ1) is 54.1. The van der Waals surface area contributed by atoms with E-state index in [9.17, 15) is 9.59 Å². The van der Waals surface area contributed by atoms with Crippen molar-refractivity contribution in [3.05, 3.63) is 459 Å². The Morgan fingerprint density at radius 1 is 0.364 bits per heavy atom. The minimum atomic E-state index is 0.126. The van der Waals surface area contributed by atoms with E-state index in [1.165, 1.54) is 78.0 Å². The van der Waals surface area contributed by atoms with Gasteiger partial charge in [-0.2, -0.15) is 4.57 Å². The highest BCUT2D eigenvalue weighted by molar-refractivity contribution is 9.09. The number of para-hydroxylation sites is 1. The van der Waals surface area contributed by atoms with E-state index < -0.39 is 0 Å². The van der Waals surface area contributed by atoms with Gasteiger partial charge in [-0.1, -0.05) is 294 Å². The molecule has 0 bridgehead atoms. The summed E-state index contributed by atoms with van der Waals surface area (Å²) in [6, 6.07) is 134. The molecule has 0 amide bonds. The summed E-state index contributed by atoms with van der Waals surface area (Å²) in [7, 11) is 0. The van der Waals surface area contributed by atoms with Gasteiger partial charge in [-0.3, -0.25) is 14.6 Å². The molecule has 0 spiro atoms. The maximum atomic E-state index is 11.9. The third-order valence-corrected chi connectivity index (χ3v) is 19.3. The van der Waals surface area contributed by atoms with Gasteiger partial charge in [0, 0.05) is 122 Å². The highest BCUT2D eigenvalue weighted by Crippen LogP contribution is 2.41. The predicted octanol–water partition coefficient (Wildman–Crippen LogP) is 25.8. The molecule has 0 aliphatic heterocycles. The molecular formula is C100H81BrClN6O2+. The number of hydrogen-bond donors (Lipinski definition) is 0. The number of fused-ring (bicyclic) bond motifs is 3. The van der Waals surface area contributed by atoms with E-state index in [2.05, 4.69) is 331 Å². The maximum Gasteiger partial charge on any atom is 0.227 e. The third-order valence-electron chi connectivity index (χ3n) is 18.5. The maximum absolute atomic E-state index is 11.9. The molecule has 10 heteroatoms.